The Bertz CT molecular complexity index is 42.1. The van der Waals surface area contributed by atoms with Crippen LogP contribution in [-0.4, -0.2) is 11.1 Å². The third kappa shape index (κ3) is 1.06. The Balaban J connectivity index is 2.18. The van der Waals surface area contributed by atoms with Gasteiger partial charge in [0.15, 0.2) is 0 Å². The zero-order chi connectivity index (χ0) is 4.41. The SMILES string of the molecule is SC1CCSN1. The molecule has 1 saturated heterocycles. The van der Waals surface area contributed by atoms with E-state index in [4.69, 9.17) is 0 Å². The summed E-state index contributed by atoms with van der Waals surface area (Å²) in [5, 5.41) is 0.454. The molecular formula is C3H7NS2. The lowest BCUT2D eigenvalue weighted by molar-refractivity contribution is 0.879. The van der Waals surface area contributed by atoms with Gasteiger partial charge in [-0.2, -0.15) is 12.6 Å². The van der Waals surface area contributed by atoms with E-state index in [1.807, 2.05) is 0 Å². The van der Waals surface area contributed by atoms with Crippen LogP contribution < -0.4 is 4.72 Å². The topological polar surface area (TPSA) is 12.0 Å². The highest BCUT2D eigenvalue weighted by Gasteiger charge is 2.07. The summed E-state index contributed by atoms with van der Waals surface area (Å²) in [6, 6.07) is 0. The Morgan fingerprint density at radius 1 is 1.83 bits per heavy atom. The van der Waals surface area contributed by atoms with Crippen molar-refractivity contribution >= 4 is 24.6 Å². The average Bonchev–Trinajstić information content (AvgIpc) is 1.86. The van der Waals surface area contributed by atoms with E-state index in [9.17, 15) is 0 Å². The zero-order valence-electron chi connectivity index (χ0n) is 3.35. The Labute approximate surface area is 47.4 Å². The molecule has 0 spiro atoms. The molecule has 0 aromatic rings. The van der Waals surface area contributed by atoms with Crippen LogP contribution in [0.4, 0.5) is 0 Å². The summed E-state index contributed by atoms with van der Waals surface area (Å²) < 4.78 is 3.10. The van der Waals surface area contributed by atoms with Crippen LogP contribution in [0.2, 0.25) is 0 Å². The van der Waals surface area contributed by atoms with E-state index in [2.05, 4.69) is 17.4 Å². The molecule has 1 nitrogen and oxygen atoms in total. The van der Waals surface area contributed by atoms with Crippen molar-refractivity contribution in [1.82, 2.24) is 4.72 Å². The number of hydrogen-bond donors (Lipinski definition) is 2. The Morgan fingerprint density at radius 2 is 2.67 bits per heavy atom. The van der Waals surface area contributed by atoms with Crippen LogP contribution in [0, 0.1) is 0 Å². The second-order valence-corrected chi connectivity index (χ2v) is 2.83. The lowest BCUT2D eigenvalue weighted by Gasteiger charge is -1.92. The quantitative estimate of drug-likeness (QED) is 0.364. The second-order valence-electron chi connectivity index (χ2n) is 1.27. The fourth-order valence-corrected chi connectivity index (χ4v) is 1.69. The number of thiol groups is 1. The van der Waals surface area contributed by atoms with Crippen molar-refractivity contribution < 1.29 is 0 Å². The van der Waals surface area contributed by atoms with Crippen LogP contribution in [0.1, 0.15) is 6.42 Å². The molecule has 0 bridgehead atoms. The molecule has 36 valence electrons. The smallest absolute Gasteiger partial charge is 0.0606 e. The molecule has 0 amide bonds. The standard InChI is InChI=1S/C3H7NS2/c5-3-1-2-6-4-3/h3-5H,1-2H2. The van der Waals surface area contributed by atoms with E-state index >= 15 is 0 Å². The van der Waals surface area contributed by atoms with Crippen LogP contribution in [0.15, 0.2) is 0 Å². The predicted octanol–water partition coefficient (Wildman–Crippen LogP) is 0.884. The molecule has 1 aliphatic heterocycles. The van der Waals surface area contributed by atoms with Crippen LogP contribution in [0.5, 0.6) is 0 Å². The first-order valence-electron chi connectivity index (χ1n) is 1.95. The number of rotatable bonds is 0. The van der Waals surface area contributed by atoms with Crippen molar-refractivity contribution in [2.24, 2.45) is 0 Å². The van der Waals surface area contributed by atoms with E-state index in [0.29, 0.717) is 5.37 Å². The predicted molar refractivity (Wildman–Crippen MR) is 33.0 cm³/mol. The molecule has 0 saturated carbocycles. The lowest BCUT2D eigenvalue weighted by atomic mass is 10.5. The maximum absolute atomic E-state index is 4.16. The van der Waals surface area contributed by atoms with Gasteiger partial charge in [-0.1, -0.05) is 11.9 Å². The molecule has 1 unspecified atom stereocenters. The summed E-state index contributed by atoms with van der Waals surface area (Å²) in [4.78, 5) is 0. The zero-order valence-corrected chi connectivity index (χ0v) is 5.06. The first kappa shape index (κ1) is 4.81. The normalized spacial score (nSPS) is 34.5. The van der Waals surface area contributed by atoms with E-state index < -0.39 is 0 Å². The summed E-state index contributed by atoms with van der Waals surface area (Å²) in [5.74, 6) is 1.22. The average molecular weight is 121 g/mol. The summed E-state index contributed by atoms with van der Waals surface area (Å²) in [6.07, 6.45) is 1.20. The van der Waals surface area contributed by atoms with E-state index in [1.54, 1.807) is 11.9 Å². The molecule has 0 radical (unpaired) electrons. The molecule has 1 atom stereocenters. The third-order valence-electron chi connectivity index (χ3n) is 0.713. The van der Waals surface area contributed by atoms with Gasteiger partial charge >= 0.3 is 0 Å². The Hall–Kier alpha value is 0.660. The highest BCUT2D eigenvalue weighted by Crippen LogP contribution is 2.13. The van der Waals surface area contributed by atoms with Crippen molar-refractivity contribution in [3.63, 3.8) is 0 Å². The van der Waals surface area contributed by atoms with Gasteiger partial charge in [0, 0.05) is 5.75 Å². The van der Waals surface area contributed by atoms with E-state index in [0.717, 1.165) is 0 Å². The molecule has 1 aliphatic rings. The highest BCUT2D eigenvalue weighted by atomic mass is 32.2. The molecule has 1 N–H and O–H groups in total. The summed E-state index contributed by atoms with van der Waals surface area (Å²) in [6.45, 7) is 0. The molecule has 1 heterocycles. The van der Waals surface area contributed by atoms with Crippen LogP contribution in [-0.2, 0) is 0 Å². The Kier molecular flexibility index (Phi) is 1.68. The van der Waals surface area contributed by atoms with Gasteiger partial charge in [-0.3, -0.25) is 4.72 Å². The largest absolute Gasteiger partial charge is 0.251 e. The minimum atomic E-state index is 0.454. The van der Waals surface area contributed by atoms with E-state index in [1.165, 1.54) is 12.2 Å². The monoisotopic (exact) mass is 121 g/mol. The maximum Gasteiger partial charge on any atom is 0.0606 e. The van der Waals surface area contributed by atoms with Gasteiger partial charge in [0.25, 0.3) is 0 Å². The van der Waals surface area contributed by atoms with E-state index in [-0.39, 0.29) is 0 Å². The molecule has 1 fully saturated rings. The van der Waals surface area contributed by atoms with Gasteiger partial charge in [-0.15, -0.1) is 0 Å². The summed E-state index contributed by atoms with van der Waals surface area (Å²) in [5.41, 5.74) is 0. The molecule has 1 rings (SSSR count). The summed E-state index contributed by atoms with van der Waals surface area (Å²) in [7, 11) is 0. The second kappa shape index (κ2) is 2.09. The van der Waals surface area contributed by atoms with Gasteiger partial charge in [-0.05, 0) is 6.42 Å². The third-order valence-corrected chi connectivity index (χ3v) is 2.17. The van der Waals surface area contributed by atoms with Gasteiger partial charge < -0.3 is 0 Å². The van der Waals surface area contributed by atoms with Crippen LogP contribution in [0.3, 0.4) is 0 Å². The minimum Gasteiger partial charge on any atom is -0.251 e. The van der Waals surface area contributed by atoms with Gasteiger partial charge in [-0.25, -0.2) is 0 Å². The van der Waals surface area contributed by atoms with Gasteiger partial charge in [0.2, 0.25) is 0 Å². The van der Waals surface area contributed by atoms with Gasteiger partial charge in [0.1, 0.15) is 0 Å². The van der Waals surface area contributed by atoms with Crippen molar-refractivity contribution in [2.45, 2.75) is 11.8 Å². The molecule has 3 heteroatoms. The molecular weight excluding hydrogens is 114 g/mol. The fourth-order valence-electron chi connectivity index (χ4n) is 0.385. The number of hydrogen-bond acceptors (Lipinski definition) is 3. The maximum atomic E-state index is 4.16. The molecule has 0 aromatic carbocycles. The van der Waals surface area contributed by atoms with Crippen LogP contribution >= 0.6 is 24.6 Å². The summed E-state index contributed by atoms with van der Waals surface area (Å²) >= 11 is 5.92. The number of nitrogens with one attached hydrogen (secondary N) is 1. The first-order chi connectivity index (χ1) is 2.89. The van der Waals surface area contributed by atoms with Gasteiger partial charge in [0.05, 0.1) is 5.37 Å². The van der Waals surface area contributed by atoms with Crippen molar-refractivity contribution in [1.29, 1.82) is 0 Å². The fraction of sp³-hybridized carbons (Fsp3) is 1.00. The Morgan fingerprint density at radius 3 is 2.83 bits per heavy atom. The minimum absolute atomic E-state index is 0.454. The highest BCUT2D eigenvalue weighted by molar-refractivity contribution is 7.98. The van der Waals surface area contributed by atoms with Crippen LogP contribution in [0.25, 0.3) is 0 Å². The molecule has 0 aliphatic carbocycles. The van der Waals surface area contributed by atoms with Crippen molar-refractivity contribution in [3.05, 3.63) is 0 Å². The molecule has 6 heavy (non-hydrogen) atoms. The van der Waals surface area contributed by atoms with Crippen molar-refractivity contribution in [3.8, 4) is 0 Å². The molecule has 0 aromatic heterocycles. The van der Waals surface area contributed by atoms with Crippen molar-refractivity contribution in [2.75, 3.05) is 5.75 Å². The first-order valence-corrected chi connectivity index (χ1v) is 3.45. The lowest BCUT2D eigenvalue weighted by Crippen LogP contribution is -2.06.